The van der Waals surface area contributed by atoms with Crippen LogP contribution in [0.15, 0.2) is 85.1 Å². The number of aliphatic carboxylic acids is 4. The molecule has 1 aliphatic heterocycles. The Bertz CT molecular complexity index is 4490. The minimum Gasteiger partial charge on any atom is -0.481 e. The summed E-state index contributed by atoms with van der Waals surface area (Å²) in [4.78, 5) is 278. The van der Waals surface area contributed by atoms with Gasteiger partial charge in [-0.3, -0.25) is 91.1 Å². The minimum absolute atomic E-state index is 0.0998. The van der Waals surface area contributed by atoms with Gasteiger partial charge in [-0.05, 0) is 99.4 Å². The van der Waals surface area contributed by atoms with Crippen molar-refractivity contribution in [3.05, 3.63) is 107 Å². The molecule has 0 radical (unpaired) electrons. The third-order valence-electron chi connectivity index (χ3n) is 18.7. The summed E-state index contributed by atoms with van der Waals surface area (Å²) < 4.78 is 5.69. The van der Waals surface area contributed by atoms with Crippen molar-refractivity contribution in [1.82, 2.24) is 74.1 Å². The van der Waals surface area contributed by atoms with Crippen molar-refractivity contribution in [3.63, 3.8) is 0 Å². The molecule has 43 nitrogen and oxygen atoms in total. The monoisotopic (exact) mass is 1680 g/mol. The van der Waals surface area contributed by atoms with Gasteiger partial charge >= 0.3 is 29.8 Å². The molecule has 0 bridgehead atoms. The molecule has 1 aromatic heterocycles. The van der Waals surface area contributed by atoms with Crippen molar-refractivity contribution in [2.75, 3.05) is 32.0 Å². The summed E-state index contributed by atoms with van der Waals surface area (Å²) in [6.45, 7) is 2.75. The van der Waals surface area contributed by atoms with Crippen molar-refractivity contribution in [2.45, 2.75) is 191 Å². The van der Waals surface area contributed by atoms with E-state index in [1.54, 1.807) is 37.4 Å². The molecule has 0 aliphatic carbocycles. The number of cyclic esters (lactones) is 1. The number of amides is 14. The maximum atomic E-state index is 14.9. The fourth-order valence-corrected chi connectivity index (χ4v) is 12.2. The summed E-state index contributed by atoms with van der Waals surface area (Å²) >= 11 is 0. The largest absolute Gasteiger partial charge is 0.481 e. The van der Waals surface area contributed by atoms with Crippen LogP contribution in [-0.4, -0.2) is 248 Å². The maximum absolute atomic E-state index is 14.9. The van der Waals surface area contributed by atoms with Crippen LogP contribution < -0.4 is 86.3 Å². The van der Waals surface area contributed by atoms with Gasteiger partial charge in [0.1, 0.15) is 72.6 Å². The maximum Gasteiger partial charge on any atom is 0.329 e. The molecule has 0 saturated carbocycles. The van der Waals surface area contributed by atoms with Crippen LogP contribution in [0.3, 0.4) is 0 Å². The zero-order chi connectivity index (χ0) is 89.2. The molecule has 43 heteroatoms. The van der Waals surface area contributed by atoms with Crippen LogP contribution >= 0.6 is 0 Å². The van der Waals surface area contributed by atoms with E-state index in [0.29, 0.717) is 27.6 Å². The lowest BCUT2D eigenvalue weighted by atomic mass is 9.96. The van der Waals surface area contributed by atoms with Crippen LogP contribution in [0.4, 0.5) is 5.69 Å². The van der Waals surface area contributed by atoms with Crippen molar-refractivity contribution in [3.8, 4) is 0 Å². The number of unbranched alkanes of at least 4 members (excludes halogenated alkanes) is 2. The number of nitrogens with two attached hydrogens (primary N) is 3. The van der Waals surface area contributed by atoms with Crippen LogP contribution in [0.25, 0.3) is 16.5 Å². The van der Waals surface area contributed by atoms with Crippen molar-refractivity contribution < 1.29 is 126 Å². The van der Waals surface area contributed by atoms with Gasteiger partial charge in [0.05, 0.1) is 51.8 Å². The first kappa shape index (κ1) is 96.8. The molecule has 1 aliphatic rings. The van der Waals surface area contributed by atoms with Gasteiger partial charge in [-0.2, -0.15) is 0 Å². The molecule has 25 N–H and O–H groups in total. The number of fused-ring (bicyclic) bond motifs is 1. The zero-order valence-corrected chi connectivity index (χ0v) is 66.2. The van der Waals surface area contributed by atoms with Gasteiger partial charge in [0.15, 0.2) is 5.78 Å². The number of hydrogen-bond donors (Lipinski definition) is 22. The number of para-hydroxylation sites is 2. The number of aryl methyl sites for hydroxylation is 1. The molecule has 0 spiro atoms. The number of ether oxygens (including phenoxy) is 1. The molecule has 14 amide bonds. The highest BCUT2D eigenvalue weighted by Gasteiger charge is 2.41. The quantitative estimate of drug-likeness (QED) is 0.00699. The van der Waals surface area contributed by atoms with E-state index in [1.807, 2.05) is 40.2 Å². The van der Waals surface area contributed by atoms with E-state index in [1.165, 1.54) is 30.3 Å². The van der Waals surface area contributed by atoms with Crippen LogP contribution in [-0.2, 0) is 109 Å². The van der Waals surface area contributed by atoms with Gasteiger partial charge in [-0.15, -0.1) is 0 Å². The number of benzene rings is 3. The Morgan fingerprint density at radius 2 is 1.13 bits per heavy atom. The van der Waals surface area contributed by atoms with Gasteiger partial charge in [-0.25, -0.2) is 4.79 Å². The van der Waals surface area contributed by atoms with E-state index in [-0.39, 0.29) is 30.6 Å². The Morgan fingerprint density at radius 1 is 0.575 bits per heavy atom. The summed E-state index contributed by atoms with van der Waals surface area (Å²) in [7, 11) is 0. The lowest BCUT2D eigenvalue weighted by molar-refractivity contribution is -0.156. The van der Waals surface area contributed by atoms with E-state index in [0.717, 1.165) is 52.0 Å². The predicted octanol–water partition coefficient (Wildman–Crippen LogP) is -4.93. The van der Waals surface area contributed by atoms with E-state index in [9.17, 15) is 121 Å². The van der Waals surface area contributed by atoms with Gasteiger partial charge < -0.3 is 122 Å². The Morgan fingerprint density at radius 3 is 1.73 bits per heavy atom. The molecule has 13 atom stereocenters. The average molecular weight is 1680 g/mol. The topological polar surface area (TPSA) is 702 Å². The number of nitrogen functional groups attached to an aromatic ring is 1. The van der Waals surface area contributed by atoms with Gasteiger partial charge in [0.25, 0.3) is 0 Å². The number of carboxylic acid groups (broad SMARTS) is 4. The number of carbonyl (C=O) groups is 20. The second kappa shape index (κ2) is 47.5. The number of allylic oxidation sites excluding steroid dienone is 1. The number of ketones is 1. The number of anilines is 1. The van der Waals surface area contributed by atoms with Crippen LogP contribution in [0, 0.1) is 5.92 Å². The molecule has 4 aromatic rings. The number of primary amides is 1. The van der Waals surface area contributed by atoms with Crippen molar-refractivity contribution in [1.29, 1.82) is 0 Å². The molecule has 2 heterocycles. The van der Waals surface area contributed by atoms with Gasteiger partial charge in [0.2, 0.25) is 82.7 Å². The fraction of sp³-hybridized carbons (Fsp3) is 0.455. The molecule has 650 valence electrons. The Kier molecular flexibility index (Phi) is 38.3. The standard InChI is InChI=1S/C77H101N17O26/c1-6-7-8-14-41-20-22-42(23-21-41)37(2)25-58(98)86-49(27-43-33-81-47-18-12-10-15-44(43)47)71(113)89-50(29-57(80)97)72(114)91-53(32-64(107)108)73(115)94-66-40(5)120-77(119)54(28-56(96)45-16-9-11-17-46(45)79)92-76(118)65(38(3)26-61(101)102)93-74(116)55(36-95)87-60(100)34-82-68(110)51(30-62(103)104)88-67(109)39(4)84-70(112)52(31-63(105)106)90-69(111)48(19-13-24-78)85-59(99)35-83-75(66)117/h9-12,15-18,20-23,25,33,38-40,48-55,65-66,81,95H,6-8,13-14,19,24,26-32,34-36,78-79H2,1-5H3,(H2,80,97)(H,82,110)(H,83,117)(H,84,112)(H,85,99)(H,86,98)(H,87,100)(H,88,109)(H,89,113)(H,90,111)(H,91,114)(H,92,118)(H,93,116)(H,94,115)(H,101,102)(H,103,104)(H,105,106)(H,107,108)/b37-25+/t38-,39-,40-,48+,49?,50-,51+,52+,53+,54+,55-,65?,66+/m1/s1. The first-order valence-electron chi connectivity index (χ1n) is 38.0. The van der Waals surface area contributed by atoms with E-state index in [4.69, 9.17) is 21.9 Å². The SMILES string of the molecule is CCCCCc1ccc(/C(C)=C/C(=O)NC(Cc2c[nH]c3ccccc23)C(=O)N[C@H](CC(N)=O)C(=O)N[C@@H](CC(=O)O)C(=O)N[C@@H]2C(=O)NCC(=O)N[C@@H](CCCN)C(=O)N[C@@H](CC(=O)O)C(=O)N[C@H](C)C(=O)N[C@@H](CC(=O)O)C(=O)NCC(=O)N[C@H](CO)C(=O)NC([C@H](C)CC(=O)O)C(=O)N[C@@H](CC(=O)c3ccccc3N)C(=O)O[C@@H]2C)cc1. The number of hydrogen-bond acceptors (Lipinski definition) is 24. The molecular weight excluding hydrogens is 1580 g/mol. The number of esters is 1. The summed E-state index contributed by atoms with van der Waals surface area (Å²) in [5.74, 6) is -30.2. The van der Waals surface area contributed by atoms with Crippen LogP contribution in [0.1, 0.15) is 132 Å². The number of Topliss-reactive ketones (excluding diaryl/α,β-unsaturated/α-hetero) is 1. The average Bonchev–Trinajstić information content (AvgIpc) is 1.76. The minimum atomic E-state index is -2.47. The first-order valence-corrected chi connectivity index (χ1v) is 38.0. The highest BCUT2D eigenvalue weighted by atomic mass is 16.5. The van der Waals surface area contributed by atoms with Gasteiger partial charge in [0, 0.05) is 47.3 Å². The Labute approximate surface area is 685 Å². The Balaban J connectivity index is 1.61. The lowest BCUT2D eigenvalue weighted by Gasteiger charge is -2.30. The van der Waals surface area contributed by atoms with Crippen molar-refractivity contribution in [2.24, 2.45) is 17.4 Å². The van der Waals surface area contributed by atoms with Crippen molar-refractivity contribution >= 4 is 140 Å². The molecular formula is C77H101N17O26. The molecule has 3 aromatic carbocycles. The number of carbonyl (C=O) groups excluding carboxylic acids is 16. The number of aliphatic hydroxyl groups excluding tert-OH is 1. The van der Waals surface area contributed by atoms with E-state index >= 15 is 0 Å². The normalized spacial score (nSPS) is 20.9. The number of carboxylic acids is 4. The third kappa shape index (κ3) is 31.4. The second-order valence-corrected chi connectivity index (χ2v) is 28.3. The van der Waals surface area contributed by atoms with E-state index in [2.05, 4.69) is 65.1 Å². The molecule has 2 unspecified atom stereocenters. The van der Waals surface area contributed by atoms with Crippen LogP contribution in [0.2, 0.25) is 0 Å². The summed E-state index contributed by atoms with van der Waals surface area (Å²) in [6.07, 6.45) is -3.41. The number of aromatic amines is 1. The van der Waals surface area contributed by atoms with Crippen LogP contribution in [0.5, 0.6) is 0 Å². The summed E-state index contributed by atoms with van der Waals surface area (Å²) in [5, 5.41) is 78.7. The number of rotatable bonds is 33. The smallest absolute Gasteiger partial charge is 0.329 e. The predicted molar refractivity (Wildman–Crippen MR) is 421 cm³/mol. The molecule has 120 heavy (non-hydrogen) atoms. The Hall–Kier alpha value is -13.7. The number of aliphatic hydroxyl groups is 1. The lowest BCUT2D eigenvalue weighted by Crippen LogP contribution is -2.62. The highest BCUT2D eigenvalue weighted by Crippen LogP contribution is 2.22. The zero-order valence-electron chi connectivity index (χ0n) is 66.2. The summed E-state index contributed by atoms with van der Waals surface area (Å²) in [5.41, 5.74) is 20.3. The number of H-pyrrole nitrogens is 1. The molecule has 1 fully saturated rings. The molecule has 5 rings (SSSR count). The second-order valence-electron chi connectivity index (χ2n) is 28.3. The van der Waals surface area contributed by atoms with E-state index < -0.39 is 261 Å². The number of aromatic nitrogens is 1. The fourth-order valence-electron chi connectivity index (χ4n) is 12.2. The highest BCUT2D eigenvalue weighted by molar-refractivity contribution is 6.06. The number of nitrogens with one attached hydrogen (secondary N) is 14. The summed E-state index contributed by atoms with van der Waals surface area (Å²) in [6, 6.07) is -3.37. The molecule has 1 saturated heterocycles. The first-order chi connectivity index (χ1) is 56.7. The van der Waals surface area contributed by atoms with Gasteiger partial charge in [-0.1, -0.05) is 81.3 Å². The third-order valence-corrected chi connectivity index (χ3v) is 18.7.